The molecule has 2 aliphatic rings. The fourth-order valence-electron chi connectivity index (χ4n) is 5.19. The van der Waals surface area contributed by atoms with Crippen molar-refractivity contribution in [1.29, 1.82) is 0 Å². The van der Waals surface area contributed by atoms with E-state index in [1.54, 1.807) is 30.3 Å². The van der Waals surface area contributed by atoms with E-state index < -0.39 is 24.1 Å². The predicted molar refractivity (Wildman–Crippen MR) is 160 cm³/mol. The summed E-state index contributed by atoms with van der Waals surface area (Å²) in [6.07, 6.45) is 0.0219. The van der Waals surface area contributed by atoms with Gasteiger partial charge in [-0.1, -0.05) is 55.1 Å². The van der Waals surface area contributed by atoms with Crippen LogP contribution in [0.1, 0.15) is 67.1 Å². The van der Waals surface area contributed by atoms with Crippen LogP contribution >= 0.6 is 11.8 Å². The molecule has 2 N–H and O–H groups in total. The number of aromatic nitrogens is 1. The van der Waals surface area contributed by atoms with Crippen molar-refractivity contribution in [2.75, 3.05) is 11.1 Å². The van der Waals surface area contributed by atoms with Gasteiger partial charge in [-0.2, -0.15) is 4.73 Å². The first-order chi connectivity index (χ1) is 21.3. The smallest absolute Gasteiger partial charge is 0.346 e. The predicted octanol–water partition coefficient (Wildman–Crippen LogP) is 4.96. The molecule has 0 aliphatic carbocycles. The molecule has 2 aliphatic heterocycles. The Balaban J connectivity index is 1.24. The van der Waals surface area contributed by atoms with E-state index in [1.165, 1.54) is 36.2 Å². The SMILES string of the molecule is CC1C(CSc2cccc[n+]2[O-])OC(c2cccc(NC(=O)c3ccc4c(c3)C(=O)OC4=O)c2)OC1c1ccc(CO)cc1. The Labute approximate surface area is 257 Å². The van der Waals surface area contributed by atoms with Crippen LogP contribution in [0.15, 0.2) is 96.2 Å². The third-order valence-electron chi connectivity index (χ3n) is 7.63. The van der Waals surface area contributed by atoms with Crippen LogP contribution < -0.4 is 10.0 Å². The number of aliphatic hydroxyl groups is 1. The molecule has 0 saturated carbocycles. The van der Waals surface area contributed by atoms with Crippen LogP contribution in [0.25, 0.3) is 0 Å². The van der Waals surface area contributed by atoms with Crippen molar-refractivity contribution in [2.24, 2.45) is 5.92 Å². The van der Waals surface area contributed by atoms with Crippen molar-refractivity contribution in [3.63, 3.8) is 0 Å². The highest BCUT2D eigenvalue weighted by Crippen LogP contribution is 2.43. The molecule has 44 heavy (non-hydrogen) atoms. The standard InChI is InChI=1S/C33H28N2O8S/c1-19-27(18-44-28-7-2-3-14-35(28)40)41-33(42-29(19)21-10-8-20(17-36)9-11-21)23-5-4-6-24(15-23)34-30(37)22-12-13-25-26(16-22)32(39)43-31(25)38/h2-16,19,27,29,33,36H,17-18H2,1H3,(H,34,37). The molecule has 11 heteroatoms. The van der Waals surface area contributed by atoms with Crippen LogP contribution in [-0.4, -0.2) is 34.8 Å². The van der Waals surface area contributed by atoms with Gasteiger partial charge in [0.15, 0.2) is 12.5 Å². The molecule has 6 rings (SSSR count). The lowest BCUT2D eigenvalue weighted by atomic mass is 9.91. The molecule has 0 spiro atoms. The van der Waals surface area contributed by atoms with Crippen LogP contribution in [0.5, 0.6) is 0 Å². The zero-order valence-corrected chi connectivity index (χ0v) is 24.4. The van der Waals surface area contributed by atoms with Gasteiger partial charge in [0.25, 0.3) is 10.9 Å². The van der Waals surface area contributed by atoms with Gasteiger partial charge in [0.2, 0.25) is 0 Å². The van der Waals surface area contributed by atoms with Gasteiger partial charge in [-0.15, -0.1) is 0 Å². The number of cyclic esters (lactones) is 2. The number of carbonyl (C=O) groups is 3. The van der Waals surface area contributed by atoms with Crippen molar-refractivity contribution in [3.05, 3.63) is 130 Å². The molecular weight excluding hydrogens is 584 g/mol. The molecule has 0 radical (unpaired) electrons. The maximum Gasteiger partial charge on any atom is 0.346 e. The largest absolute Gasteiger partial charge is 0.618 e. The Morgan fingerprint density at radius 2 is 1.73 bits per heavy atom. The minimum absolute atomic E-state index is 0.0505. The first-order valence-electron chi connectivity index (χ1n) is 13.9. The second-order valence-corrected chi connectivity index (χ2v) is 11.6. The molecule has 0 bridgehead atoms. The van der Waals surface area contributed by atoms with Crippen molar-refractivity contribution in [1.82, 2.24) is 0 Å². The van der Waals surface area contributed by atoms with E-state index in [2.05, 4.69) is 10.1 Å². The monoisotopic (exact) mass is 612 g/mol. The average molecular weight is 613 g/mol. The molecule has 1 aromatic heterocycles. The lowest BCUT2D eigenvalue weighted by Crippen LogP contribution is -2.39. The number of esters is 2. The van der Waals surface area contributed by atoms with Gasteiger partial charge in [0.05, 0.1) is 29.9 Å². The van der Waals surface area contributed by atoms with Gasteiger partial charge < -0.3 is 29.8 Å². The summed E-state index contributed by atoms with van der Waals surface area (Å²) in [6.45, 7) is 1.98. The first-order valence-corrected chi connectivity index (χ1v) is 14.9. The Hall–Kier alpha value is -4.55. The van der Waals surface area contributed by atoms with Crippen LogP contribution in [0, 0.1) is 11.1 Å². The van der Waals surface area contributed by atoms with E-state index in [0.29, 0.717) is 22.0 Å². The van der Waals surface area contributed by atoms with Gasteiger partial charge in [0.1, 0.15) is 0 Å². The summed E-state index contributed by atoms with van der Waals surface area (Å²) in [5, 5.41) is 25.2. The van der Waals surface area contributed by atoms with Crippen molar-refractivity contribution in [2.45, 2.75) is 37.1 Å². The van der Waals surface area contributed by atoms with Gasteiger partial charge in [-0.05, 0) is 47.5 Å². The molecule has 3 aromatic carbocycles. The maximum absolute atomic E-state index is 13.1. The normalized spacial score (nSPS) is 21.0. The zero-order valence-electron chi connectivity index (χ0n) is 23.5. The molecule has 3 heterocycles. The second-order valence-electron chi connectivity index (χ2n) is 10.5. The number of nitrogens with one attached hydrogen (secondary N) is 1. The highest BCUT2D eigenvalue weighted by Gasteiger charge is 2.39. The fraction of sp³-hybridized carbons (Fsp3) is 0.212. The molecule has 1 amide bonds. The van der Waals surface area contributed by atoms with Crippen molar-refractivity contribution < 1.29 is 38.4 Å². The summed E-state index contributed by atoms with van der Waals surface area (Å²) in [7, 11) is 0. The molecule has 10 nitrogen and oxygen atoms in total. The van der Waals surface area contributed by atoms with Crippen LogP contribution in [-0.2, 0) is 20.8 Å². The topological polar surface area (TPSA) is 138 Å². The number of ether oxygens (including phenoxy) is 3. The molecule has 4 aromatic rings. The Morgan fingerprint density at radius 3 is 2.50 bits per heavy atom. The summed E-state index contributed by atoms with van der Waals surface area (Å²) < 4.78 is 18.4. The third-order valence-corrected chi connectivity index (χ3v) is 8.74. The van der Waals surface area contributed by atoms with E-state index in [0.717, 1.165) is 15.9 Å². The Kier molecular flexibility index (Phi) is 8.45. The summed E-state index contributed by atoms with van der Waals surface area (Å²) in [6, 6.07) is 24.1. The van der Waals surface area contributed by atoms with Crippen LogP contribution in [0.4, 0.5) is 5.69 Å². The highest BCUT2D eigenvalue weighted by molar-refractivity contribution is 7.99. The molecule has 4 unspecified atom stereocenters. The van der Waals surface area contributed by atoms with Gasteiger partial charge in [-0.3, -0.25) is 4.79 Å². The van der Waals surface area contributed by atoms with E-state index in [1.807, 2.05) is 43.3 Å². The van der Waals surface area contributed by atoms with Crippen molar-refractivity contribution in [3.8, 4) is 0 Å². The first kappa shape index (κ1) is 29.5. The van der Waals surface area contributed by atoms with Crippen molar-refractivity contribution >= 4 is 35.3 Å². The number of rotatable bonds is 8. The molecule has 4 atom stereocenters. The maximum atomic E-state index is 13.1. The second kappa shape index (κ2) is 12.6. The summed E-state index contributed by atoms with van der Waals surface area (Å²) in [4.78, 5) is 36.8. The minimum Gasteiger partial charge on any atom is -0.618 e. The molecule has 1 fully saturated rings. The van der Waals surface area contributed by atoms with E-state index >= 15 is 0 Å². The third kappa shape index (κ3) is 6.08. The number of thioether (sulfide) groups is 1. The molecule has 224 valence electrons. The van der Waals surface area contributed by atoms with Gasteiger partial charge >= 0.3 is 11.9 Å². The Morgan fingerprint density at radius 1 is 0.932 bits per heavy atom. The minimum atomic E-state index is -0.785. The number of carbonyl (C=O) groups excluding carboxylic acids is 3. The summed E-state index contributed by atoms with van der Waals surface area (Å²) >= 11 is 1.40. The Bertz CT molecular complexity index is 1730. The number of benzene rings is 3. The lowest BCUT2D eigenvalue weighted by Gasteiger charge is -2.41. The van der Waals surface area contributed by atoms with E-state index in [9.17, 15) is 24.7 Å². The quantitative estimate of drug-likeness (QED) is 0.0930. The summed E-state index contributed by atoms with van der Waals surface area (Å²) in [5.41, 5.74) is 3.23. The fourth-order valence-corrected chi connectivity index (χ4v) is 6.27. The van der Waals surface area contributed by atoms with E-state index in [-0.39, 0.29) is 41.4 Å². The van der Waals surface area contributed by atoms with E-state index in [4.69, 9.17) is 9.47 Å². The number of anilines is 1. The average Bonchev–Trinajstić information content (AvgIpc) is 3.33. The number of fused-ring (bicyclic) bond motifs is 1. The number of nitrogens with zero attached hydrogens (tertiary/aromatic N) is 1. The number of hydrogen-bond donors (Lipinski definition) is 2. The highest BCUT2D eigenvalue weighted by atomic mass is 32.2. The van der Waals surface area contributed by atoms with Gasteiger partial charge in [-0.25, -0.2) is 9.59 Å². The zero-order chi connectivity index (χ0) is 30.8. The molecule has 1 saturated heterocycles. The summed E-state index contributed by atoms with van der Waals surface area (Å²) in [5.74, 6) is -1.57. The number of hydrogen-bond acceptors (Lipinski definition) is 9. The van der Waals surface area contributed by atoms with Crippen LogP contribution in [0.3, 0.4) is 0 Å². The van der Waals surface area contributed by atoms with Gasteiger partial charge in [0, 0.05) is 40.6 Å². The number of pyridine rings is 1. The molecular formula is C33H28N2O8S. The number of aliphatic hydroxyl groups excluding tert-OH is 1. The lowest BCUT2D eigenvalue weighted by molar-refractivity contribution is -0.645. The number of amides is 1. The van der Waals surface area contributed by atoms with Crippen LogP contribution in [0.2, 0.25) is 0 Å².